The third kappa shape index (κ3) is 3.07. The average molecular weight is 279 g/mol. The van der Waals surface area contributed by atoms with Gasteiger partial charge >= 0.3 is 0 Å². The van der Waals surface area contributed by atoms with Crippen LogP contribution in [0.2, 0.25) is 0 Å². The Balaban J connectivity index is 1.62. The summed E-state index contributed by atoms with van der Waals surface area (Å²) in [4.78, 5) is 1.30. The zero-order valence-electron chi connectivity index (χ0n) is 11.4. The van der Waals surface area contributed by atoms with Crippen LogP contribution in [-0.4, -0.2) is 37.7 Å². The van der Waals surface area contributed by atoms with E-state index in [1.54, 1.807) is 11.8 Å². The second kappa shape index (κ2) is 5.73. The molecule has 0 amide bonds. The van der Waals surface area contributed by atoms with E-state index in [9.17, 15) is 0 Å². The first kappa shape index (κ1) is 13.3. The van der Waals surface area contributed by atoms with Crippen LogP contribution in [0.1, 0.15) is 19.3 Å². The highest BCUT2D eigenvalue weighted by molar-refractivity contribution is 7.98. The number of benzene rings is 1. The molecule has 2 aliphatic heterocycles. The van der Waals surface area contributed by atoms with Crippen molar-refractivity contribution in [2.24, 2.45) is 0 Å². The van der Waals surface area contributed by atoms with E-state index in [0.717, 1.165) is 39.1 Å². The summed E-state index contributed by atoms with van der Waals surface area (Å²) < 4.78 is 11.5. The van der Waals surface area contributed by atoms with Gasteiger partial charge in [0.1, 0.15) is 0 Å². The van der Waals surface area contributed by atoms with E-state index >= 15 is 0 Å². The quantitative estimate of drug-likeness (QED) is 0.861. The fourth-order valence-corrected chi connectivity index (χ4v) is 3.35. The molecule has 2 atom stereocenters. The summed E-state index contributed by atoms with van der Waals surface area (Å²) >= 11 is 1.77. The van der Waals surface area contributed by atoms with Gasteiger partial charge in [-0.3, -0.25) is 0 Å². The van der Waals surface area contributed by atoms with E-state index in [2.05, 4.69) is 35.8 Å². The fraction of sp³-hybridized carbons (Fsp3) is 0.600. The molecule has 19 heavy (non-hydrogen) atoms. The van der Waals surface area contributed by atoms with Crippen LogP contribution in [0.15, 0.2) is 29.2 Å². The van der Waals surface area contributed by atoms with E-state index in [4.69, 9.17) is 9.47 Å². The van der Waals surface area contributed by atoms with Crippen LogP contribution in [-0.2, 0) is 9.47 Å². The predicted octanol–water partition coefficient (Wildman–Crippen LogP) is 3.16. The minimum atomic E-state index is -0.0187. The second-order valence-corrected chi connectivity index (χ2v) is 6.28. The fourth-order valence-electron chi connectivity index (χ4n) is 2.94. The van der Waals surface area contributed by atoms with Gasteiger partial charge in [0.05, 0.1) is 12.2 Å². The number of hydrogen-bond donors (Lipinski definition) is 1. The molecule has 1 N–H and O–H groups in total. The Morgan fingerprint density at radius 3 is 2.79 bits per heavy atom. The minimum Gasteiger partial charge on any atom is -0.382 e. The van der Waals surface area contributed by atoms with Gasteiger partial charge in [-0.25, -0.2) is 0 Å². The van der Waals surface area contributed by atoms with Gasteiger partial charge in [0.2, 0.25) is 0 Å². The van der Waals surface area contributed by atoms with E-state index in [1.807, 2.05) is 0 Å². The first-order chi connectivity index (χ1) is 9.30. The molecule has 4 heteroatoms. The maximum absolute atomic E-state index is 5.96. The van der Waals surface area contributed by atoms with Crippen molar-refractivity contribution in [3.8, 4) is 0 Å². The Kier molecular flexibility index (Phi) is 4.01. The SMILES string of the molecule is CSc1ccc(NC2CCOC3(CCOC3)C2)cc1. The normalized spacial score (nSPS) is 30.7. The number of nitrogens with one attached hydrogen (secondary N) is 1. The van der Waals surface area contributed by atoms with Crippen molar-refractivity contribution in [3.05, 3.63) is 24.3 Å². The van der Waals surface area contributed by atoms with Gasteiger partial charge in [-0.05, 0) is 43.4 Å². The Hall–Kier alpha value is -0.710. The summed E-state index contributed by atoms with van der Waals surface area (Å²) in [5.41, 5.74) is 1.19. The maximum atomic E-state index is 5.96. The molecule has 1 aromatic carbocycles. The highest BCUT2D eigenvalue weighted by Crippen LogP contribution is 2.34. The van der Waals surface area contributed by atoms with Gasteiger partial charge in [0, 0.05) is 36.3 Å². The van der Waals surface area contributed by atoms with E-state index < -0.39 is 0 Å². The number of thioether (sulfide) groups is 1. The van der Waals surface area contributed by atoms with E-state index in [0.29, 0.717) is 6.04 Å². The highest BCUT2D eigenvalue weighted by Gasteiger charge is 2.40. The lowest BCUT2D eigenvalue weighted by molar-refractivity contribution is -0.0828. The summed E-state index contributed by atoms with van der Waals surface area (Å²) in [7, 11) is 0. The van der Waals surface area contributed by atoms with Gasteiger partial charge in [-0.15, -0.1) is 11.8 Å². The van der Waals surface area contributed by atoms with Gasteiger partial charge in [-0.2, -0.15) is 0 Å². The maximum Gasteiger partial charge on any atom is 0.0956 e. The van der Waals surface area contributed by atoms with Crippen molar-refractivity contribution >= 4 is 17.4 Å². The molecule has 1 spiro atoms. The molecular weight excluding hydrogens is 258 g/mol. The molecule has 2 saturated heterocycles. The Morgan fingerprint density at radius 1 is 1.26 bits per heavy atom. The molecule has 0 aromatic heterocycles. The minimum absolute atomic E-state index is 0.0187. The number of ether oxygens (including phenoxy) is 2. The van der Waals surface area contributed by atoms with Gasteiger partial charge in [-0.1, -0.05) is 0 Å². The van der Waals surface area contributed by atoms with Crippen molar-refractivity contribution in [2.75, 3.05) is 31.4 Å². The summed E-state index contributed by atoms with van der Waals surface area (Å²) in [6, 6.07) is 9.16. The number of anilines is 1. The lowest BCUT2D eigenvalue weighted by Crippen LogP contribution is -2.44. The van der Waals surface area contributed by atoms with E-state index in [-0.39, 0.29) is 5.60 Å². The van der Waals surface area contributed by atoms with Crippen LogP contribution in [0.4, 0.5) is 5.69 Å². The molecule has 2 unspecified atom stereocenters. The molecule has 3 nitrogen and oxygen atoms in total. The topological polar surface area (TPSA) is 30.5 Å². The lowest BCUT2D eigenvalue weighted by atomic mass is 9.89. The Bertz CT molecular complexity index is 415. The predicted molar refractivity (Wildman–Crippen MR) is 79.0 cm³/mol. The largest absolute Gasteiger partial charge is 0.382 e. The van der Waals surface area contributed by atoms with Crippen molar-refractivity contribution < 1.29 is 9.47 Å². The third-order valence-corrected chi connectivity index (χ3v) is 4.76. The monoisotopic (exact) mass is 279 g/mol. The van der Waals surface area contributed by atoms with Crippen LogP contribution >= 0.6 is 11.8 Å². The summed E-state index contributed by atoms with van der Waals surface area (Å²) in [6.07, 6.45) is 5.27. The Labute approximate surface area is 119 Å². The number of hydrogen-bond acceptors (Lipinski definition) is 4. The first-order valence-electron chi connectivity index (χ1n) is 6.92. The molecule has 2 fully saturated rings. The van der Waals surface area contributed by atoms with Crippen LogP contribution in [0.25, 0.3) is 0 Å². The lowest BCUT2D eigenvalue weighted by Gasteiger charge is -2.37. The van der Waals surface area contributed by atoms with Crippen molar-refractivity contribution in [1.29, 1.82) is 0 Å². The molecule has 0 saturated carbocycles. The summed E-state index contributed by atoms with van der Waals surface area (Å²) in [6.45, 7) is 2.44. The molecule has 0 bridgehead atoms. The molecular formula is C15H21NO2S. The van der Waals surface area contributed by atoms with Gasteiger partial charge in [0.25, 0.3) is 0 Å². The molecule has 3 rings (SSSR count). The highest BCUT2D eigenvalue weighted by atomic mass is 32.2. The standard InChI is InChI=1S/C15H21NO2S/c1-19-14-4-2-12(3-5-14)16-13-6-8-18-15(10-13)7-9-17-11-15/h2-5,13,16H,6-11H2,1H3. The van der Waals surface area contributed by atoms with E-state index in [1.165, 1.54) is 10.6 Å². The smallest absolute Gasteiger partial charge is 0.0956 e. The van der Waals surface area contributed by atoms with Crippen LogP contribution < -0.4 is 5.32 Å². The molecule has 1 aromatic rings. The zero-order valence-corrected chi connectivity index (χ0v) is 12.2. The molecule has 104 valence electrons. The third-order valence-electron chi connectivity index (χ3n) is 4.02. The van der Waals surface area contributed by atoms with Crippen LogP contribution in [0, 0.1) is 0 Å². The average Bonchev–Trinajstić information content (AvgIpc) is 2.88. The number of rotatable bonds is 3. The summed E-state index contributed by atoms with van der Waals surface area (Å²) in [5.74, 6) is 0. The van der Waals surface area contributed by atoms with Crippen molar-refractivity contribution in [2.45, 2.75) is 35.8 Å². The first-order valence-corrected chi connectivity index (χ1v) is 8.14. The Morgan fingerprint density at radius 2 is 2.11 bits per heavy atom. The van der Waals surface area contributed by atoms with Crippen LogP contribution in [0.3, 0.4) is 0 Å². The molecule has 2 aliphatic rings. The second-order valence-electron chi connectivity index (χ2n) is 5.40. The molecule has 0 aliphatic carbocycles. The van der Waals surface area contributed by atoms with Gasteiger partial charge < -0.3 is 14.8 Å². The zero-order chi connectivity index (χ0) is 13.1. The van der Waals surface area contributed by atoms with Crippen LogP contribution in [0.5, 0.6) is 0 Å². The van der Waals surface area contributed by atoms with Crippen molar-refractivity contribution in [1.82, 2.24) is 0 Å². The van der Waals surface area contributed by atoms with Gasteiger partial charge in [0.15, 0.2) is 0 Å². The summed E-state index contributed by atoms with van der Waals surface area (Å²) in [5, 5.41) is 3.64. The molecule has 2 heterocycles. The van der Waals surface area contributed by atoms with Crippen molar-refractivity contribution in [3.63, 3.8) is 0 Å². The molecule has 0 radical (unpaired) electrons.